The minimum atomic E-state index is 0. The normalized spacial score (nSPS) is 22.2. The molecule has 31 heavy (non-hydrogen) atoms. The van der Waals surface area contributed by atoms with Gasteiger partial charge in [0, 0.05) is 39.3 Å². The van der Waals surface area contributed by atoms with Crippen molar-refractivity contribution in [3.05, 3.63) is 35.4 Å². The Balaban J connectivity index is 0.00000341. The van der Waals surface area contributed by atoms with Crippen LogP contribution in [0.2, 0.25) is 0 Å². The van der Waals surface area contributed by atoms with Crippen molar-refractivity contribution < 1.29 is 4.79 Å². The van der Waals surface area contributed by atoms with Gasteiger partial charge in [0.15, 0.2) is 5.96 Å². The first-order valence-electron chi connectivity index (χ1n) is 11.6. The van der Waals surface area contributed by atoms with E-state index in [0.29, 0.717) is 19.0 Å². The van der Waals surface area contributed by atoms with Gasteiger partial charge in [0.1, 0.15) is 0 Å². The first kappa shape index (κ1) is 25.9. The largest absolute Gasteiger partial charge is 0.357 e. The first-order chi connectivity index (χ1) is 14.5. The Morgan fingerprint density at radius 1 is 1.06 bits per heavy atom. The van der Waals surface area contributed by atoms with Crippen LogP contribution in [0.4, 0.5) is 0 Å². The van der Waals surface area contributed by atoms with Crippen molar-refractivity contribution in [2.75, 3.05) is 39.3 Å². The zero-order valence-corrected chi connectivity index (χ0v) is 21.7. The molecule has 2 unspecified atom stereocenters. The Labute approximate surface area is 205 Å². The molecule has 0 aromatic heterocycles. The highest BCUT2D eigenvalue weighted by atomic mass is 127. The molecular weight excluding hydrogens is 501 g/mol. The average molecular weight is 542 g/mol. The molecule has 1 aromatic carbocycles. The standard InChI is InChI=1S/C24H39N5O.HI/c1-4-25-24(27-15-23(30)29-11-7-8-12-29)26-14-21-9-5-6-10-22(21)18-28-16-19(2)13-20(3)17-28;/h5-6,9-10,19-20H,4,7-8,11-18H2,1-3H3,(H2,25,26,27);1H. The van der Waals surface area contributed by atoms with E-state index in [-0.39, 0.29) is 29.9 Å². The zero-order valence-electron chi connectivity index (χ0n) is 19.4. The van der Waals surface area contributed by atoms with Gasteiger partial charge in [-0.15, -0.1) is 24.0 Å². The minimum absolute atomic E-state index is 0. The molecule has 7 heteroatoms. The van der Waals surface area contributed by atoms with Gasteiger partial charge in [0.25, 0.3) is 0 Å². The summed E-state index contributed by atoms with van der Waals surface area (Å²) in [7, 11) is 0. The summed E-state index contributed by atoms with van der Waals surface area (Å²) in [5.74, 6) is 2.39. The summed E-state index contributed by atoms with van der Waals surface area (Å²) in [6.45, 7) is 13.5. The summed E-state index contributed by atoms with van der Waals surface area (Å²) in [6.07, 6.45) is 3.56. The predicted octanol–water partition coefficient (Wildman–Crippen LogP) is 3.46. The number of amides is 1. The van der Waals surface area contributed by atoms with E-state index < -0.39 is 0 Å². The van der Waals surface area contributed by atoms with Gasteiger partial charge >= 0.3 is 0 Å². The molecule has 2 fully saturated rings. The number of carbonyl (C=O) groups excluding carboxylic acids is 1. The van der Waals surface area contributed by atoms with E-state index in [1.54, 1.807) is 0 Å². The Hall–Kier alpha value is -1.35. The third-order valence-corrected chi connectivity index (χ3v) is 6.07. The number of guanidine groups is 1. The number of halogens is 1. The molecular formula is C24H40IN5O. The van der Waals surface area contributed by atoms with Crippen LogP contribution in [0, 0.1) is 11.8 Å². The molecule has 0 bridgehead atoms. The lowest BCUT2D eigenvalue weighted by Crippen LogP contribution is -2.44. The lowest BCUT2D eigenvalue weighted by atomic mass is 9.91. The molecule has 1 aromatic rings. The highest BCUT2D eigenvalue weighted by Gasteiger charge is 2.22. The number of nitrogens with one attached hydrogen (secondary N) is 2. The monoisotopic (exact) mass is 541 g/mol. The number of hydrogen-bond donors (Lipinski definition) is 2. The fourth-order valence-electron chi connectivity index (χ4n) is 4.77. The van der Waals surface area contributed by atoms with E-state index in [2.05, 4.69) is 53.6 Å². The molecule has 3 rings (SSSR count). The maximum Gasteiger partial charge on any atom is 0.241 e. The molecule has 2 atom stereocenters. The fourth-order valence-corrected chi connectivity index (χ4v) is 4.77. The molecule has 2 heterocycles. The quantitative estimate of drug-likeness (QED) is 0.316. The third kappa shape index (κ3) is 8.25. The molecule has 2 aliphatic rings. The van der Waals surface area contributed by atoms with Crippen LogP contribution in [0.3, 0.4) is 0 Å². The maximum absolute atomic E-state index is 12.3. The predicted molar refractivity (Wildman–Crippen MR) is 139 cm³/mol. The van der Waals surface area contributed by atoms with Crippen molar-refractivity contribution in [1.82, 2.24) is 20.4 Å². The molecule has 2 aliphatic heterocycles. The topological polar surface area (TPSA) is 60.0 Å². The number of nitrogens with zero attached hydrogens (tertiary/aromatic N) is 3. The molecule has 6 nitrogen and oxygen atoms in total. The van der Waals surface area contributed by atoms with Crippen LogP contribution in [0.1, 0.15) is 51.2 Å². The van der Waals surface area contributed by atoms with Crippen molar-refractivity contribution >= 4 is 35.8 Å². The maximum atomic E-state index is 12.3. The summed E-state index contributed by atoms with van der Waals surface area (Å²) < 4.78 is 0. The van der Waals surface area contributed by atoms with Gasteiger partial charge < -0.3 is 15.5 Å². The van der Waals surface area contributed by atoms with Crippen molar-refractivity contribution in [3.63, 3.8) is 0 Å². The van der Waals surface area contributed by atoms with Gasteiger partial charge in [-0.2, -0.15) is 0 Å². The minimum Gasteiger partial charge on any atom is -0.357 e. The summed E-state index contributed by atoms with van der Waals surface area (Å²) >= 11 is 0. The molecule has 2 N–H and O–H groups in total. The van der Waals surface area contributed by atoms with Gasteiger partial charge in [-0.25, -0.2) is 4.99 Å². The van der Waals surface area contributed by atoms with Gasteiger partial charge in [0.2, 0.25) is 5.91 Å². The summed E-state index contributed by atoms with van der Waals surface area (Å²) in [4.78, 5) is 21.6. The second kappa shape index (κ2) is 13.3. The van der Waals surface area contributed by atoms with Gasteiger partial charge in [-0.3, -0.25) is 9.69 Å². The SMILES string of the molecule is CCNC(=NCc1ccccc1CN1CC(C)CC(C)C1)NCC(=O)N1CCCC1.I. The van der Waals surface area contributed by atoms with E-state index in [0.717, 1.165) is 50.9 Å². The van der Waals surface area contributed by atoms with Crippen LogP contribution in [-0.4, -0.2) is 60.9 Å². The Bertz CT molecular complexity index is 710. The molecule has 0 radical (unpaired) electrons. The van der Waals surface area contributed by atoms with Crippen LogP contribution in [0.5, 0.6) is 0 Å². The fraction of sp³-hybridized carbons (Fsp3) is 0.667. The Morgan fingerprint density at radius 2 is 1.71 bits per heavy atom. The Kier molecular flexibility index (Phi) is 11.1. The molecule has 0 saturated carbocycles. The van der Waals surface area contributed by atoms with E-state index in [1.165, 1.54) is 30.6 Å². The molecule has 174 valence electrons. The van der Waals surface area contributed by atoms with Gasteiger partial charge in [-0.05, 0) is 49.1 Å². The number of aliphatic imine (C=N–C) groups is 1. The number of carbonyl (C=O) groups is 1. The van der Waals surface area contributed by atoms with Gasteiger partial charge in [-0.1, -0.05) is 38.1 Å². The number of rotatable bonds is 7. The smallest absolute Gasteiger partial charge is 0.241 e. The Morgan fingerprint density at radius 3 is 2.35 bits per heavy atom. The van der Waals surface area contributed by atoms with Crippen LogP contribution in [0.15, 0.2) is 29.3 Å². The van der Waals surface area contributed by atoms with E-state index in [4.69, 9.17) is 4.99 Å². The summed E-state index contributed by atoms with van der Waals surface area (Å²) in [5, 5.41) is 6.49. The van der Waals surface area contributed by atoms with E-state index >= 15 is 0 Å². The van der Waals surface area contributed by atoms with Crippen LogP contribution >= 0.6 is 24.0 Å². The van der Waals surface area contributed by atoms with Crippen molar-refractivity contribution in [2.45, 2.75) is 53.1 Å². The zero-order chi connectivity index (χ0) is 21.3. The van der Waals surface area contributed by atoms with Crippen molar-refractivity contribution in [2.24, 2.45) is 16.8 Å². The van der Waals surface area contributed by atoms with Crippen LogP contribution in [-0.2, 0) is 17.9 Å². The molecule has 0 aliphatic carbocycles. The average Bonchev–Trinajstić information content (AvgIpc) is 3.25. The highest BCUT2D eigenvalue weighted by Crippen LogP contribution is 2.23. The highest BCUT2D eigenvalue weighted by molar-refractivity contribution is 14.0. The van der Waals surface area contributed by atoms with Crippen molar-refractivity contribution in [1.29, 1.82) is 0 Å². The number of likely N-dealkylation sites (tertiary alicyclic amines) is 2. The number of hydrogen-bond acceptors (Lipinski definition) is 3. The number of piperidine rings is 1. The molecule has 1 amide bonds. The lowest BCUT2D eigenvalue weighted by Gasteiger charge is -2.35. The molecule has 2 saturated heterocycles. The van der Waals surface area contributed by atoms with E-state index in [9.17, 15) is 4.79 Å². The van der Waals surface area contributed by atoms with E-state index in [1.807, 2.05) is 11.8 Å². The van der Waals surface area contributed by atoms with Crippen LogP contribution in [0.25, 0.3) is 0 Å². The number of benzene rings is 1. The second-order valence-electron chi connectivity index (χ2n) is 9.05. The van der Waals surface area contributed by atoms with Gasteiger partial charge in [0.05, 0.1) is 13.1 Å². The second-order valence-corrected chi connectivity index (χ2v) is 9.05. The summed E-state index contributed by atoms with van der Waals surface area (Å²) in [5.41, 5.74) is 2.61. The van der Waals surface area contributed by atoms with Crippen molar-refractivity contribution in [3.8, 4) is 0 Å². The third-order valence-electron chi connectivity index (χ3n) is 6.07. The molecule has 0 spiro atoms. The summed E-state index contributed by atoms with van der Waals surface area (Å²) in [6, 6.07) is 8.62. The first-order valence-corrected chi connectivity index (χ1v) is 11.6. The van der Waals surface area contributed by atoms with Crippen LogP contribution < -0.4 is 10.6 Å². The lowest BCUT2D eigenvalue weighted by molar-refractivity contribution is -0.128.